The molecule has 0 fully saturated rings. The molecule has 9 heteroatoms. The smallest absolute Gasteiger partial charge is 0.261 e. The first-order valence-electron chi connectivity index (χ1n) is 8.62. The summed E-state index contributed by atoms with van der Waals surface area (Å²) in [4.78, 5) is 30.1. The molecule has 3 rings (SSSR count). The van der Waals surface area contributed by atoms with Crippen molar-refractivity contribution in [3.8, 4) is 11.5 Å². The first-order chi connectivity index (χ1) is 13.5. The monoisotopic (exact) mass is 465 g/mol. The molecule has 0 aliphatic rings. The molecule has 0 unspecified atom stereocenters. The van der Waals surface area contributed by atoms with Crippen LogP contribution in [0.1, 0.15) is 17.7 Å². The number of halogens is 1. The molecule has 0 radical (unpaired) electrons. The number of carbonyl (C=O) groups excluding carboxylic acids is 1. The Kier molecular flexibility index (Phi) is 6.69. The lowest BCUT2D eigenvalue weighted by atomic mass is 10.2. The number of nitrogens with one attached hydrogen (secondary N) is 1. The Morgan fingerprint density at radius 1 is 1.25 bits per heavy atom. The van der Waals surface area contributed by atoms with Crippen LogP contribution >= 0.6 is 27.3 Å². The van der Waals surface area contributed by atoms with E-state index in [0.29, 0.717) is 48.3 Å². The molecule has 0 saturated heterocycles. The number of aryl methyl sites for hydroxylation is 1. The number of hydrogen-bond acceptors (Lipinski definition) is 6. The van der Waals surface area contributed by atoms with Gasteiger partial charge in [0.15, 0.2) is 11.5 Å². The fourth-order valence-corrected chi connectivity index (χ4v) is 4.17. The molecular weight excluding hydrogens is 446 g/mol. The summed E-state index contributed by atoms with van der Waals surface area (Å²) in [6.07, 6.45) is 2.38. The Bertz CT molecular complexity index is 1050. The SMILES string of the molecule is COc1cc2ncn(CCCC(=O)NCc3cc(Br)cs3)c(=O)c2cc1OC. The minimum Gasteiger partial charge on any atom is -0.493 e. The van der Waals surface area contributed by atoms with E-state index in [1.54, 1.807) is 23.5 Å². The Balaban J connectivity index is 1.61. The summed E-state index contributed by atoms with van der Waals surface area (Å²) in [5, 5.41) is 5.32. The van der Waals surface area contributed by atoms with Crippen LogP contribution in [-0.4, -0.2) is 29.7 Å². The molecule has 3 aromatic rings. The quantitative estimate of drug-likeness (QED) is 0.551. The molecule has 2 aromatic heterocycles. The van der Waals surface area contributed by atoms with Crippen molar-refractivity contribution in [1.29, 1.82) is 0 Å². The molecule has 0 aliphatic heterocycles. The van der Waals surface area contributed by atoms with Crippen LogP contribution in [0.3, 0.4) is 0 Å². The van der Waals surface area contributed by atoms with Gasteiger partial charge in [0.05, 0.1) is 38.0 Å². The van der Waals surface area contributed by atoms with E-state index in [0.717, 1.165) is 9.35 Å². The largest absolute Gasteiger partial charge is 0.493 e. The Morgan fingerprint density at radius 2 is 2.00 bits per heavy atom. The van der Waals surface area contributed by atoms with Gasteiger partial charge in [-0.2, -0.15) is 0 Å². The predicted molar refractivity (Wildman–Crippen MR) is 112 cm³/mol. The number of rotatable bonds is 8. The number of nitrogens with zero attached hydrogens (tertiary/aromatic N) is 2. The third-order valence-electron chi connectivity index (χ3n) is 4.21. The molecule has 0 saturated carbocycles. The van der Waals surface area contributed by atoms with Crippen LogP contribution in [0.4, 0.5) is 0 Å². The molecule has 28 heavy (non-hydrogen) atoms. The third-order valence-corrected chi connectivity index (χ3v) is 5.91. The highest BCUT2D eigenvalue weighted by atomic mass is 79.9. The molecule has 7 nitrogen and oxygen atoms in total. The summed E-state index contributed by atoms with van der Waals surface area (Å²) in [6.45, 7) is 0.919. The summed E-state index contributed by atoms with van der Waals surface area (Å²) in [7, 11) is 3.05. The van der Waals surface area contributed by atoms with Gasteiger partial charge >= 0.3 is 0 Å². The molecule has 0 spiro atoms. The number of aromatic nitrogens is 2. The maximum absolute atomic E-state index is 12.7. The average Bonchev–Trinajstić information content (AvgIpc) is 3.12. The predicted octanol–water partition coefficient (Wildman–Crippen LogP) is 3.33. The van der Waals surface area contributed by atoms with E-state index in [2.05, 4.69) is 26.2 Å². The van der Waals surface area contributed by atoms with Crippen LogP contribution in [0.5, 0.6) is 11.5 Å². The van der Waals surface area contributed by atoms with Gasteiger partial charge in [0, 0.05) is 33.8 Å². The number of hydrogen-bond donors (Lipinski definition) is 1. The summed E-state index contributed by atoms with van der Waals surface area (Å²) in [5.41, 5.74) is 0.369. The summed E-state index contributed by atoms with van der Waals surface area (Å²) in [6, 6.07) is 5.29. The van der Waals surface area contributed by atoms with Crippen molar-refractivity contribution in [3.63, 3.8) is 0 Å². The van der Waals surface area contributed by atoms with Gasteiger partial charge in [-0.25, -0.2) is 4.98 Å². The molecule has 0 bridgehead atoms. The van der Waals surface area contributed by atoms with Gasteiger partial charge < -0.3 is 14.8 Å². The van der Waals surface area contributed by atoms with Crippen molar-refractivity contribution in [3.05, 3.63) is 49.6 Å². The highest BCUT2D eigenvalue weighted by molar-refractivity contribution is 9.10. The number of thiophene rings is 1. The van der Waals surface area contributed by atoms with Crippen LogP contribution < -0.4 is 20.3 Å². The van der Waals surface area contributed by atoms with Crippen LogP contribution in [0.25, 0.3) is 10.9 Å². The van der Waals surface area contributed by atoms with E-state index in [-0.39, 0.29) is 11.5 Å². The van der Waals surface area contributed by atoms with E-state index in [1.165, 1.54) is 25.1 Å². The second-order valence-corrected chi connectivity index (χ2v) is 7.99. The van der Waals surface area contributed by atoms with Gasteiger partial charge in [-0.1, -0.05) is 0 Å². The number of ether oxygens (including phenoxy) is 2. The summed E-state index contributed by atoms with van der Waals surface area (Å²) in [5.74, 6) is 0.957. The number of methoxy groups -OCH3 is 2. The van der Waals surface area contributed by atoms with Crippen LogP contribution in [-0.2, 0) is 17.9 Å². The molecular formula is C19H20BrN3O4S. The zero-order chi connectivity index (χ0) is 20.1. The lowest BCUT2D eigenvalue weighted by Crippen LogP contribution is -2.24. The molecule has 148 valence electrons. The molecule has 1 aromatic carbocycles. The minimum atomic E-state index is -0.171. The van der Waals surface area contributed by atoms with Crippen LogP contribution in [0, 0.1) is 0 Å². The molecule has 0 aliphatic carbocycles. The van der Waals surface area contributed by atoms with Gasteiger partial charge in [0.25, 0.3) is 5.56 Å². The molecule has 1 amide bonds. The Morgan fingerprint density at radius 3 is 2.68 bits per heavy atom. The number of carbonyl (C=O) groups is 1. The second kappa shape index (κ2) is 9.20. The first kappa shape index (κ1) is 20.3. The van der Waals surface area contributed by atoms with Crippen LogP contribution in [0.2, 0.25) is 0 Å². The van der Waals surface area contributed by atoms with E-state index < -0.39 is 0 Å². The standard InChI is InChI=1S/C19H20BrN3O4S/c1-26-16-7-14-15(8-17(16)27-2)22-11-23(19(14)25)5-3-4-18(24)21-9-13-6-12(20)10-28-13/h6-8,10-11H,3-5,9H2,1-2H3,(H,21,24). The first-order valence-corrected chi connectivity index (χ1v) is 10.3. The second-order valence-electron chi connectivity index (χ2n) is 6.08. The van der Waals surface area contributed by atoms with Gasteiger partial charge in [0.2, 0.25) is 5.91 Å². The van der Waals surface area contributed by atoms with E-state index >= 15 is 0 Å². The molecule has 1 N–H and O–H groups in total. The van der Waals surface area contributed by atoms with E-state index in [1.807, 2.05) is 11.4 Å². The van der Waals surface area contributed by atoms with Crippen molar-refractivity contribution in [2.45, 2.75) is 25.9 Å². The van der Waals surface area contributed by atoms with Gasteiger partial charge in [-0.3, -0.25) is 14.2 Å². The Labute approximate surface area is 174 Å². The normalized spacial score (nSPS) is 10.8. The van der Waals surface area contributed by atoms with Crippen molar-refractivity contribution in [1.82, 2.24) is 14.9 Å². The fraction of sp³-hybridized carbons (Fsp3) is 0.316. The number of benzene rings is 1. The van der Waals surface area contributed by atoms with Gasteiger partial charge in [0.1, 0.15) is 0 Å². The average molecular weight is 466 g/mol. The van der Waals surface area contributed by atoms with Crippen molar-refractivity contribution in [2.24, 2.45) is 0 Å². The van der Waals surface area contributed by atoms with Gasteiger partial charge in [-0.05, 0) is 34.5 Å². The van der Waals surface area contributed by atoms with E-state index in [9.17, 15) is 9.59 Å². The van der Waals surface area contributed by atoms with Crippen LogP contribution in [0.15, 0.2) is 39.2 Å². The Hall–Kier alpha value is -2.39. The minimum absolute atomic E-state index is 0.0438. The maximum atomic E-state index is 12.7. The van der Waals surface area contributed by atoms with Gasteiger partial charge in [-0.15, -0.1) is 11.3 Å². The highest BCUT2D eigenvalue weighted by Crippen LogP contribution is 2.29. The highest BCUT2D eigenvalue weighted by Gasteiger charge is 2.11. The fourth-order valence-electron chi connectivity index (χ4n) is 2.78. The maximum Gasteiger partial charge on any atom is 0.261 e. The third kappa shape index (κ3) is 4.71. The van der Waals surface area contributed by atoms with Crippen molar-refractivity contribution < 1.29 is 14.3 Å². The summed E-state index contributed by atoms with van der Waals surface area (Å²) >= 11 is 4.98. The van der Waals surface area contributed by atoms with E-state index in [4.69, 9.17) is 9.47 Å². The van der Waals surface area contributed by atoms with Crippen molar-refractivity contribution >= 4 is 44.1 Å². The lowest BCUT2D eigenvalue weighted by molar-refractivity contribution is -0.121. The molecule has 2 heterocycles. The molecule has 0 atom stereocenters. The topological polar surface area (TPSA) is 82.5 Å². The lowest BCUT2D eigenvalue weighted by Gasteiger charge is -2.10. The summed E-state index contributed by atoms with van der Waals surface area (Å²) < 4.78 is 13.0. The van der Waals surface area contributed by atoms with Crippen molar-refractivity contribution in [2.75, 3.05) is 14.2 Å². The number of amides is 1. The zero-order valence-corrected chi connectivity index (χ0v) is 17.9. The zero-order valence-electron chi connectivity index (χ0n) is 15.5. The number of fused-ring (bicyclic) bond motifs is 1.